The molecular weight excluding hydrogens is 927 g/mol. The quantitative estimate of drug-likeness (QED) is 0.0441. The van der Waals surface area contributed by atoms with Gasteiger partial charge in [0, 0.05) is 11.4 Å². The number of hydrogen-bond donors (Lipinski definition) is 2. The van der Waals surface area contributed by atoms with Crippen LogP contribution < -0.4 is 20.1 Å². The molecule has 13 nitrogen and oxygen atoms in total. The number of nitrogens with zero attached hydrogens (tertiary/aromatic N) is 3. The molecule has 3 heterocycles. The number of para-hydroxylation sites is 2. The monoisotopic (exact) mass is 969 g/mol. The smallest absolute Gasteiger partial charge is 0.417 e. The number of unbranched alkanes of at least 4 members (excludes halogenated alkanes) is 1. The molecule has 2 N–H and O–H groups in total. The van der Waals surface area contributed by atoms with E-state index >= 15 is 0 Å². The first-order chi connectivity index (χ1) is 32.6. The van der Waals surface area contributed by atoms with Crippen LogP contribution in [0.15, 0.2) is 161 Å². The van der Waals surface area contributed by atoms with Crippen LogP contribution in [0.3, 0.4) is 0 Å². The Labute approximate surface area is 404 Å². The van der Waals surface area contributed by atoms with Crippen molar-refractivity contribution in [3.8, 4) is 17.6 Å². The summed E-state index contributed by atoms with van der Waals surface area (Å²) in [6, 6.07) is 38.0. The summed E-state index contributed by atoms with van der Waals surface area (Å²) in [5.41, 5.74) is 2.13. The van der Waals surface area contributed by atoms with Crippen molar-refractivity contribution in [3.63, 3.8) is 0 Å². The molecule has 0 aromatic heterocycles. The van der Waals surface area contributed by atoms with Gasteiger partial charge in [-0.3, -0.25) is 20.2 Å². The van der Waals surface area contributed by atoms with Gasteiger partial charge in [-0.05, 0) is 47.7 Å². The molecule has 1 saturated heterocycles. The second-order valence-electron chi connectivity index (χ2n) is 15.3. The summed E-state index contributed by atoms with van der Waals surface area (Å²) in [7, 11) is 0. The zero-order chi connectivity index (χ0) is 46.9. The lowest BCUT2D eigenvalue weighted by Crippen LogP contribution is -2.39. The number of hydrazine groups is 1. The van der Waals surface area contributed by atoms with E-state index in [2.05, 4.69) is 17.6 Å². The van der Waals surface area contributed by atoms with Crippen LogP contribution in [0.25, 0.3) is 0 Å². The highest BCUT2D eigenvalue weighted by molar-refractivity contribution is 8.26. The van der Waals surface area contributed by atoms with E-state index in [0.29, 0.717) is 11.4 Å². The van der Waals surface area contributed by atoms with E-state index in [4.69, 9.17) is 14.2 Å². The fourth-order valence-corrected chi connectivity index (χ4v) is 12.6. The van der Waals surface area contributed by atoms with E-state index in [0.717, 1.165) is 83.9 Å². The fraction of sp³-hybridized carbons (Fsp3) is 0.200. The number of benzene rings is 5. The van der Waals surface area contributed by atoms with Crippen molar-refractivity contribution in [1.29, 1.82) is 5.26 Å². The number of carbonyl (C=O) groups excluding carboxylic acids is 5. The van der Waals surface area contributed by atoms with Crippen LogP contribution in [-0.4, -0.2) is 46.6 Å². The standard InChI is InChI=1S/C50H43N5O8S4/c1-3-5-18-31(4-2)30-61-46(58)36(27-51)47-64-40-38(62-49(59)52-34-23-14-8-15-24-34)42-43(39(41(40)65-47)63-50(60)53-35-25-16-9-17-26-35)67-48(66-42)37-44(56)54(28-32-19-10-6-11-20-32)55(45(37)57)29-33-21-12-7-13-22-33/h6-17,19-26,31H,3-5,18,28-30H2,1-2H3,(H,52,59)(H,53,60). The average Bonchev–Trinajstić information content (AvgIpc) is 4.04. The van der Waals surface area contributed by atoms with Gasteiger partial charge in [0.2, 0.25) is 0 Å². The number of fused-ring (bicyclic) bond motifs is 2. The highest BCUT2D eigenvalue weighted by atomic mass is 32.2. The molecule has 0 bridgehead atoms. The number of rotatable bonds is 15. The summed E-state index contributed by atoms with van der Waals surface area (Å²) < 4.78 is 18.5. The summed E-state index contributed by atoms with van der Waals surface area (Å²) in [4.78, 5) is 71.7. The molecule has 5 aromatic carbocycles. The number of carbonyl (C=O) groups is 5. The molecule has 1 fully saturated rings. The fourth-order valence-electron chi connectivity index (χ4n) is 7.22. The summed E-state index contributed by atoms with van der Waals surface area (Å²) in [6.45, 7) is 4.48. The SMILES string of the molecule is CCCCC(CC)COC(=O)C(C#N)=C1Sc2c(OC(=O)Nc3ccccc3)c3c(c(OC(=O)Nc4ccccc4)c2S1)SC(=C1C(=O)N(Cc2ccccc2)N(Cc2ccccc2)C1=O)S3. The molecule has 0 spiro atoms. The molecule has 0 aliphatic carbocycles. The minimum atomic E-state index is -0.866. The maximum atomic E-state index is 14.7. The van der Waals surface area contributed by atoms with Gasteiger partial charge in [-0.15, -0.1) is 0 Å². The summed E-state index contributed by atoms with van der Waals surface area (Å²) in [6.07, 6.45) is 1.91. The van der Waals surface area contributed by atoms with Crippen LogP contribution in [0.2, 0.25) is 0 Å². The Balaban J connectivity index is 1.23. The molecule has 5 aromatic rings. The average molecular weight is 970 g/mol. The molecule has 3 aliphatic heterocycles. The first-order valence-corrected chi connectivity index (χ1v) is 24.7. The highest BCUT2D eigenvalue weighted by Gasteiger charge is 2.47. The minimum Gasteiger partial charge on any atom is -0.461 e. The van der Waals surface area contributed by atoms with Crippen LogP contribution in [0.5, 0.6) is 11.5 Å². The van der Waals surface area contributed by atoms with Gasteiger partial charge in [0.25, 0.3) is 11.8 Å². The number of ether oxygens (including phenoxy) is 3. The number of amides is 4. The second kappa shape index (κ2) is 21.8. The lowest BCUT2D eigenvalue weighted by atomic mass is 10.0. The Morgan fingerprint density at radius 2 is 1.07 bits per heavy atom. The van der Waals surface area contributed by atoms with Gasteiger partial charge in [0.1, 0.15) is 11.6 Å². The van der Waals surface area contributed by atoms with E-state index in [9.17, 15) is 29.2 Å². The number of nitrogens with one attached hydrogen (secondary N) is 2. The first kappa shape index (κ1) is 46.9. The predicted octanol–water partition coefficient (Wildman–Crippen LogP) is 12.0. The number of thioether (sulfide) groups is 4. The van der Waals surface area contributed by atoms with Crippen LogP contribution in [0, 0.1) is 17.2 Å². The maximum absolute atomic E-state index is 14.7. The molecule has 0 radical (unpaired) electrons. The molecule has 67 heavy (non-hydrogen) atoms. The molecule has 0 saturated carbocycles. The minimum absolute atomic E-state index is 0.00583. The number of esters is 1. The van der Waals surface area contributed by atoms with Gasteiger partial charge in [-0.2, -0.15) is 5.26 Å². The number of hydrogen-bond acceptors (Lipinski definition) is 13. The molecular formula is C50H43N5O8S4. The van der Waals surface area contributed by atoms with Crippen LogP contribution in [0.4, 0.5) is 21.0 Å². The second-order valence-corrected chi connectivity index (χ2v) is 19.9. The van der Waals surface area contributed by atoms with Gasteiger partial charge in [-0.1, -0.05) is 177 Å². The van der Waals surface area contributed by atoms with E-state index < -0.39 is 30.0 Å². The van der Waals surface area contributed by atoms with Gasteiger partial charge in [-0.25, -0.2) is 24.4 Å². The highest BCUT2D eigenvalue weighted by Crippen LogP contribution is 2.68. The first-order valence-electron chi connectivity index (χ1n) is 21.5. The molecule has 1 unspecified atom stereocenters. The van der Waals surface area contributed by atoms with Crippen LogP contribution >= 0.6 is 47.0 Å². The van der Waals surface area contributed by atoms with Crippen LogP contribution in [0.1, 0.15) is 50.7 Å². The third-order valence-electron chi connectivity index (χ3n) is 10.7. The number of anilines is 2. The molecule has 8 rings (SSSR count). The maximum Gasteiger partial charge on any atom is 0.417 e. The Bertz CT molecular complexity index is 2650. The molecule has 17 heteroatoms. The van der Waals surface area contributed by atoms with Crippen molar-refractivity contribution in [2.24, 2.45) is 5.92 Å². The Kier molecular flexibility index (Phi) is 15.3. The van der Waals surface area contributed by atoms with Crippen molar-refractivity contribution in [1.82, 2.24) is 10.0 Å². The zero-order valence-electron chi connectivity index (χ0n) is 36.3. The van der Waals surface area contributed by atoms with Gasteiger partial charge >= 0.3 is 18.2 Å². The van der Waals surface area contributed by atoms with Crippen molar-refractivity contribution in [2.75, 3.05) is 17.2 Å². The van der Waals surface area contributed by atoms with Gasteiger partial charge < -0.3 is 14.2 Å². The summed E-state index contributed by atoms with van der Waals surface area (Å²) >= 11 is 4.02. The largest absolute Gasteiger partial charge is 0.461 e. The van der Waals surface area contributed by atoms with Gasteiger partial charge in [0.15, 0.2) is 17.1 Å². The van der Waals surface area contributed by atoms with Crippen molar-refractivity contribution in [3.05, 3.63) is 152 Å². The van der Waals surface area contributed by atoms with E-state index in [1.165, 1.54) is 10.0 Å². The summed E-state index contributed by atoms with van der Waals surface area (Å²) in [5, 5.41) is 18.8. The molecule has 1 atom stereocenters. The van der Waals surface area contributed by atoms with Gasteiger partial charge in [0.05, 0.1) is 47.8 Å². The summed E-state index contributed by atoms with van der Waals surface area (Å²) in [5.74, 6) is -1.76. The van der Waals surface area contributed by atoms with Crippen molar-refractivity contribution in [2.45, 2.75) is 72.2 Å². The van der Waals surface area contributed by atoms with E-state index in [-0.39, 0.29) is 76.3 Å². The van der Waals surface area contributed by atoms with Crippen LogP contribution in [-0.2, 0) is 32.2 Å². The normalized spacial score (nSPS) is 14.3. The van der Waals surface area contributed by atoms with E-state index in [1.807, 2.05) is 73.7 Å². The Morgan fingerprint density at radius 3 is 1.49 bits per heavy atom. The lowest BCUT2D eigenvalue weighted by molar-refractivity contribution is -0.149. The topological polar surface area (TPSA) is 167 Å². The predicted molar refractivity (Wildman–Crippen MR) is 260 cm³/mol. The van der Waals surface area contributed by atoms with E-state index in [1.54, 1.807) is 60.7 Å². The van der Waals surface area contributed by atoms with Crippen molar-refractivity contribution >= 4 is 88.4 Å². The Hall–Kier alpha value is -6.58. The van der Waals surface area contributed by atoms with Crippen molar-refractivity contribution < 1.29 is 38.2 Å². The Morgan fingerprint density at radius 1 is 0.642 bits per heavy atom. The molecule has 340 valence electrons. The lowest BCUT2D eigenvalue weighted by Gasteiger charge is -2.27. The zero-order valence-corrected chi connectivity index (χ0v) is 39.6. The molecule has 3 aliphatic rings. The number of nitriles is 1. The third-order valence-corrected chi connectivity index (χ3v) is 15.9. The third kappa shape index (κ3) is 10.8. The molecule has 4 amide bonds.